The van der Waals surface area contributed by atoms with Crippen LogP contribution in [-0.2, 0) is 11.8 Å². The first-order chi connectivity index (χ1) is 14.3. The van der Waals surface area contributed by atoms with E-state index >= 15 is 0 Å². The van der Waals surface area contributed by atoms with Crippen molar-refractivity contribution in [2.75, 3.05) is 0 Å². The van der Waals surface area contributed by atoms with Gasteiger partial charge < -0.3 is 10.2 Å². The summed E-state index contributed by atoms with van der Waals surface area (Å²) < 4.78 is 0. The molecule has 5 heteroatoms. The molecule has 0 aliphatic rings. The fraction of sp³-hybridized carbons (Fsp3) is 0.400. The van der Waals surface area contributed by atoms with Crippen LogP contribution in [0.15, 0.2) is 42.7 Å². The summed E-state index contributed by atoms with van der Waals surface area (Å²) in [4.78, 5) is 13.2. The number of aromatic hydroxyl groups is 2. The summed E-state index contributed by atoms with van der Waals surface area (Å²) in [7, 11) is 0. The molecule has 0 aliphatic heterocycles. The quantitative estimate of drug-likeness (QED) is 0.469. The lowest BCUT2D eigenvalue weighted by molar-refractivity contribution is 0.446. The van der Waals surface area contributed by atoms with E-state index < -0.39 is 0 Å². The molecule has 0 bridgehead atoms. The predicted molar refractivity (Wildman–Crippen MR) is 121 cm³/mol. The summed E-state index contributed by atoms with van der Waals surface area (Å²) in [5, 5.41) is 20.6. The number of hydrogen-bond acceptors (Lipinski definition) is 5. The molecule has 3 rings (SSSR count). The van der Waals surface area contributed by atoms with Crippen molar-refractivity contribution in [3.8, 4) is 34.3 Å². The minimum Gasteiger partial charge on any atom is -0.508 e. The lowest BCUT2D eigenvalue weighted by Gasteiger charge is -2.19. The number of unbranched alkanes of at least 4 members (excludes halogenated alkanes) is 3. The monoisotopic (exact) mass is 405 g/mol. The highest BCUT2D eigenvalue weighted by molar-refractivity contribution is 5.68. The molecule has 1 aromatic heterocycles. The number of nitrogens with zero attached hydrogens (tertiary/aromatic N) is 3. The van der Waals surface area contributed by atoms with Gasteiger partial charge in [-0.2, -0.15) is 0 Å². The minimum absolute atomic E-state index is 0.0370. The number of rotatable bonds is 7. The van der Waals surface area contributed by atoms with Crippen LogP contribution < -0.4 is 0 Å². The van der Waals surface area contributed by atoms with Crippen molar-refractivity contribution >= 4 is 0 Å². The molecule has 0 aliphatic carbocycles. The molecule has 0 saturated heterocycles. The lowest BCUT2D eigenvalue weighted by atomic mass is 9.87. The Balaban J connectivity index is 1.90. The van der Waals surface area contributed by atoms with Gasteiger partial charge in [0.1, 0.15) is 17.8 Å². The van der Waals surface area contributed by atoms with Crippen LogP contribution in [0.3, 0.4) is 0 Å². The molecule has 2 aromatic carbocycles. The normalized spacial score (nSPS) is 11.6. The van der Waals surface area contributed by atoms with Crippen molar-refractivity contribution < 1.29 is 10.2 Å². The van der Waals surface area contributed by atoms with E-state index in [4.69, 9.17) is 0 Å². The number of benzene rings is 2. The van der Waals surface area contributed by atoms with Crippen LogP contribution in [0.4, 0.5) is 0 Å². The minimum atomic E-state index is -0.0370. The largest absolute Gasteiger partial charge is 0.508 e. The van der Waals surface area contributed by atoms with Gasteiger partial charge in [0.25, 0.3) is 0 Å². The maximum Gasteiger partial charge on any atom is 0.167 e. The Morgan fingerprint density at radius 2 is 1.53 bits per heavy atom. The maximum atomic E-state index is 10.4. The molecule has 0 saturated carbocycles. The smallest absolute Gasteiger partial charge is 0.167 e. The standard InChI is InChI=1S/C25H31N3O2/c1-5-6-7-8-9-18-14-20(22(30)15-21(18)29)24-27-16-26-23(28-24)17-10-12-19(13-11-17)25(2,3)4/h10-16,29-30H,5-9H2,1-4H3. The van der Waals surface area contributed by atoms with Gasteiger partial charge in [0, 0.05) is 11.6 Å². The van der Waals surface area contributed by atoms with Crippen molar-refractivity contribution in [1.29, 1.82) is 0 Å². The number of hydrogen-bond donors (Lipinski definition) is 2. The zero-order valence-electron chi connectivity index (χ0n) is 18.3. The summed E-state index contributed by atoms with van der Waals surface area (Å²) in [5.41, 5.74) is 3.52. The Hall–Kier alpha value is -2.95. The topological polar surface area (TPSA) is 79.1 Å². The summed E-state index contributed by atoms with van der Waals surface area (Å²) in [6.07, 6.45) is 6.67. The van der Waals surface area contributed by atoms with E-state index in [1.807, 2.05) is 12.1 Å². The molecule has 0 atom stereocenters. The third-order valence-electron chi connectivity index (χ3n) is 5.32. The summed E-state index contributed by atoms with van der Waals surface area (Å²) >= 11 is 0. The summed E-state index contributed by atoms with van der Waals surface area (Å²) in [6, 6.07) is 11.4. The number of aryl methyl sites for hydroxylation is 1. The second-order valence-electron chi connectivity index (χ2n) is 8.77. The Bertz CT molecular complexity index is 992. The number of phenols is 2. The predicted octanol–water partition coefficient (Wildman–Crippen LogP) is 6.04. The molecule has 5 nitrogen and oxygen atoms in total. The molecule has 158 valence electrons. The van der Waals surface area contributed by atoms with Gasteiger partial charge in [-0.3, -0.25) is 0 Å². The van der Waals surface area contributed by atoms with Gasteiger partial charge in [0.15, 0.2) is 11.6 Å². The number of aromatic nitrogens is 3. The first-order valence-corrected chi connectivity index (χ1v) is 10.6. The van der Waals surface area contributed by atoms with Crippen LogP contribution in [0.1, 0.15) is 64.5 Å². The molecule has 0 radical (unpaired) electrons. The van der Waals surface area contributed by atoms with E-state index in [0.29, 0.717) is 17.2 Å². The van der Waals surface area contributed by atoms with Gasteiger partial charge in [-0.05, 0) is 35.4 Å². The first-order valence-electron chi connectivity index (χ1n) is 10.6. The molecule has 0 amide bonds. The third kappa shape index (κ3) is 5.15. The van der Waals surface area contributed by atoms with Gasteiger partial charge in [-0.25, -0.2) is 15.0 Å². The van der Waals surface area contributed by atoms with Crippen LogP contribution in [0.25, 0.3) is 22.8 Å². The van der Waals surface area contributed by atoms with Crippen molar-refractivity contribution in [2.45, 2.75) is 65.2 Å². The van der Waals surface area contributed by atoms with E-state index in [9.17, 15) is 10.2 Å². The second-order valence-corrected chi connectivity index (χ2v) is 8.77. The molecule has 0 spiro atoms. The van der Waals surface area contributed by atoms with Gasteiger partial charge >= 0.3 is 0 Å². The van der Waals surface area contributed by atoms with E-state index in [1.54, 1.807) is 6.07 Å². The average Bonchev–Trinajstić information content (AvgIpc) is 2.72. The molecule has 2 N–H and O–H groups in total. The molecule has 0 fully saturated rings. The van der Waals surface area contributed by atoms with Crippen molar-refractivity contribution in [1.82, 2.24) is 15.0 Å². The van der Waals surface area contributed by atoms with E-state index in [0.717, 1.165) is 36.8 Å². The van der Waals surface area contributed by atoms with Gasteiger partial charge in [0.2, 0.25) is 0 Å². The van der Waals surface area contributed by atoms with Crippen molar-refractivity contribution in [3.05, 3.63) is 53.9 Å². The van der Waals surface area contributed by atoms with E-state index in [-0.39, 0.29) is 16.9 Å². The zero-order valence-corrected chi connectivity index (χ0v) is 18.3. The van der Waals surface area contributed by atoms with Crippen molar-refractivity contribution in [2.24, 2.45) is 0 Å². The van der Waals surface area contributed by atoms with Gasteiger partial charge in [-0.15, -0.1) is 0 Å². The van der Waals surface area contributed by atoms with Crippen LogP contribution in [0.5, 0.6) is 11.5 Å². The molecular weight excluding hydrogens is 374 g/mol. The Kier molecular flexibility index (Phi) is 6.70. The fourth-order valence-corrected chi connectivity index (χ4v) is 3.43. The molecular formula is C25H31N3O2. The SMILES string of the molecule is CCCCCCc1cc(-c2ncnc(-c3ccc(C(C)(C)C)cc3)n2)c(O)cc1O. The Labute approximate surface area is 178 Å². The zero-order chi connectivity index (χ0) is 21.7. The fourth-order valence-electron chi connectivity index (χ4n) is 3.43. The average molecular weight is 406 g/mol. The second kappa shape index (κ2) is 9.24. The van der Waals surface area contributed by atoms with Crippen LogP contribution in [0.2, 0.25) is 0 Å². The summed E-state index contributed by atoms with van der Waals surface area (Å²) in [5.74, 6) is 1.02. The Morgan fingerprint density at radius 1 is 0.833 bits per heavy atom. The highest BCUT2D eigenvalue weighted by Crippen LogP contribution is 2.34. The maximum absolute atomic E-state index is 10.4. The molecule has 30 heavy (non-hydrogen) atoms. The molecule has 0 unspecified atom stereocenters. The third-order valence-corrected chi connectivity index (χ3v) is 5.32. The van der Waals surface area contributed by atoms with Gasteiger partial charge in [-0.1, -0.05) is 71.2 Å². The Morgan fingerprint density at radius 3 is 2.20 bits per heavy atom. The molecule has 1 heterocycles. The first kappa shape index (κ1) is 21.8. The van der Waals surface area contributed by atoms with Crippen LogP contribution >= 0.6 is 0 Å². The highest BCUT2D eigenvalue weighted by Gasteiger charge is 2.16. The van der Waals surface area contributed by atoms with E-state index in [2.05, 4.69) is 54.8 Å². The van der Waals surface area contributed by atoms with E-state index in [1.165, 1.54) is 24.4 Å². The van der Waals surface area contributed by atoms with Crippen LogP contribution in [-0.4, -0.2) is 25.2 Å². The molecule has 3 aromatic rings. The van der Waals surface area contributed by atoms with Crippen molar-refractivity contribution in [3.63, 3.8) is 0 Å². The highest BCUT2D eigenvalue weighted by atomic mass is 16.3. The summed E-state index contributed by atoms with van der Waals surface area (Å²) in [6.45, 7) is 8.70. The number of phenolic OH excluding ortho intramolecular Hbond substituents is 2. The van der Waals surface area contributed by atoms with Crippen LogP contribution in [0, 0.1) is 0 Å². The van der Waals surface area contributed by atoms with Gasteiger partial charge in [0.05, 0.1) is 5.56 Å². The lowest BCUT2D eigenvalue weighted by Crippen LogP contribution is -2.10.